The highest BCUT2D eigenvalue weighted by Crippen LogP contribution is 2.39. The lowest BCUT2D eigenvalue weighted by Gasteiger charge is -2.33. The molecule has 4 heteroatoms. The van der Waals surface area contributed by atoms with E-state index in [-0.39, 0.29) is 16.9 Å². The maximum Gasteiger partial charge on any atom is 0.0531 e. The first kappa shape index (κ1) is 32.8. The van der Waals surface area contributed by atoms with E-state index in [1.54, 1.807) is 0 Å². The van der Waals surface area contributed by atoms with E-state index >= 15 is 0 Å². The van der Waals surface area contributed by atoms with Crippen molar-refractivity contribution in [1.82, 2.24) is 5.32 Å². The fraction of sp³-hybridized carbons (Fsp3) is 0.444. The van der Waals surface area contributed by atoms with Crippen molar-refractivity contribution in [2.24, 2.45) is 16.3 Å². The average molecular weight is 541 g/mol. The molecule has 4 nitrogen and oxygen atoms in total. The third-order valence-electron chi connectivity index (χ3n) is 7.39. The zero-order chi connectivity index (χ0) is 29.9. The minimum Gasteiger partial charge on any atom is -0.388 e. The quantitative estimate of drug-likeness (QED) is 0.118. The number of hydrogen-bond acceptors (Lipinski definition) is 4. The fourth-order valence-electron chi connectivity index (χ4n) is 4.82. The number of rotatable bonds is 15. The van der Waals surface area contributed by atoms with Crippen LogP contribution in [0.3, 0.4) is 0 Å². The summed E-state index contributed by atoms with van der Waals surface area (Å²) in [6, 6.07) is 6.51. The van der Waals surface area contributed by atoms with Gasteiger partial charge in [-0.05, 0) is 73.1 Å². The van der Waals surface area contributed by atoms with Crippen LogP contribution in [-0.4, -0.2) is 25.5 Å². The van der Waals surface area contributed by atoms with Gasteiger partial charge in [-0.15, -0.1) is 6.58 Å². The minimum atomic E-state index is -0.0935. The summed E-state index contributed by atoms with van der Waals surface area (Å²) in [6.07, 6.45) is 18.0. The minimum absolute atomic E-state index is 0.0263. The Bertz CT molecular complexity index is 1190. The molecule has 2 rings (SSSR count). The van der Waals surface area contributed by atoms with E-state index in [1.807, 2.05) is 13.1 Å². The van der Waals surface area contributed by atoms with Crippen LogP contribution in [0.2, 0.25) is 0 Å². The summed E-state index contributed by atoms with van der Waals surface area (Å²) in [5, 5.41) is 15.3. The van der Waals surface area contributed by atoms with Gasteiger partial charge in [0, 0.05) is 47.7 Å². The summed E-state index contributed by atoms with van der Waals surface area (Å²) in [5.74, 6) is 0.468. The molecule has 1 aromatic rings. The molecule has 0 saturated carbocycles. The van der Waals surface area contributed by atoms with Crippen molar-refractivity contribution in [1.29, 1.82) is 5.41 Å². The molecule has 1 aromatic carbocycles. The predicted octanol–water partition coefficient (Wildman–Crippen LogP) is 9.30. The Balaban J connectivity index is 2.26. The lowest BCUT2D eigenvalue weighted by Crippen LogP contribution is -2.25. The Kier molecular flexibility index (Phi) is 12.2. The summed E-state index contributed by atoms with van der Waals surface area (Å²) >= 11 is 0. The molecule has 0 fully saturated rings. The van der Waals surface area contributed by atoms with E-state index in [9.17, 15) is 0 Å². The highest BCUT2D eigenvalue weighted by atomic mass is 14.9. The number of benzene rings is 1. The smallest absolute Gasteiger partial charge is 0.0531 e. The van der Waals surface area contributed by atoms with Crippen molar-refractivity contribution in [2.45, 2.75) is 85.6 Å². The fourth-order valence-corrected chi connectivity index (χ4v) is 4.82. The van der Waals surface area contributed by atoms with Crippen molar-refractivity contribution in [3.8, 4) is 0 Å². The zero-order valence-electron chi connectivity index (χ0n) is 26.0. The van der Waals surface area contributed by atoms with Gasteiger partial charge in [-0.2, -0.15) is 0 Å². The standard InChI is InChI=1S/C36H52N4/c1-26(2)18-21-39-28(5)12-11-13-29(25-38-10)34(22-27(3)4)40-33-15-14-32(23-30(33)24-37)36(9)19-16-31(17-20-36)35(6,7)8/h11,13-17,19,23-25,27,34,37,39-40H,1,5,10,12,18,20-22H2,2-4,6-9H3/b13-11-,29-25+,37-24?. The zero-order valence-corrected chi connectivity index (χ0v) is 26.0. The van der Waals surface area contributed by atoms with Gasteiger partial charge in [0.15, 0.2) is 0 Å². The van der Waals surface area contributed by atoms with E-state index in [4.69, 9.17) is 5.41 Å². The molecule has 0 aromatic heterocycles. The van der Waals surface area contributed by atoms with Crippen LogP contribution in [0, 0.1) is 16.7 Å². The van der Waals surface area contributed by atoms with Gasteiger partial charge in [0.25, 0.3) is 0 Å². The van der Waals surface area contributed by atoms with Gasteiger partial charge in [0.1, 0.15) is 0 Å². The molecule has 0 bridgehead atoms. The van der Waals surface area contributed by atoms with Crippen LogP contribution >= 0.6 is 0 Å². The van der Waals surface area contributed by atoms with Gasteiger partial charge in [0.05, 0.1) is 6.04 Å². The second-order valence-corrected chi connectivity index (χ2v) is 12.8. The van der Waals surface area contributed by atoms with E-state index in [0.29, 0.717) is 5.92 Å². The van der Waals surface area contributed by atoms with Gasteiger partial charge in [0.2, 0.25) is 0 Å². The number of aliphatic imine (C=N–C) groups is 1. The molecule has 0 aliphatic heterocycles. The summed E-state index contributed by atoms with van der Waals surface area (Å²) in [6.45, 7) is 28.2. The van der Waals surface area contributed by atoms with E-state index in [1.165, 1.54) is 17.4 Å². The van der Waals surface area contributed by atoms with Crippen LogP contribution in [0.25, 0.3) is 0 Å². The molecule has 0 radical (unpaired) electrons. The monoisotopic (exact) mass is 540 g/mol. The molecule has 1 aliphatic carbocycles. The third kappa shape index (κ3) is 9.97. The van der Waals surface area contributed by atoms with Crippen LogP contribution in [-0.2, 0) is 5.41 Å². The molecule has 216 valence electrons. The van der Waals surface area contributed by atoms with Crippen molar-refractivity contribution >= 4 is 18.6 Å². The molecule has 3 N–H and O–H groups in total. The molecule has 1 aliphatic rings. The summed E-state index contributed by atoms with van der Waals surface area (Å²) in [7, 11) is 0. The van der Waals surface area contributed by atoms with Crippen molar-refractivity contribution < 1.29 is 0 Å². The highest BCUT2D eigenvalue weighted by Gasteiger charge is 2.28. The van der Waals surface area contributed by atoms with Gasteiger partial charge in [-0.1, -0.05) is 90.1 Å². The largest absolute Gasteiger partial charge is 0.388 e. The third-order valence-corrected chi connectivity index (χ3v) is 7.39. The first-order valence-electron chi connectivity index (χ1n) is 14.5. The Morgan fingerprint density at radius 1 is 1.23 bits per heavy atom. The van der Waals surface area contributed by atoms with Crippen LogP contribution in [0.4, 0.5) is 5.69 Å². The maximum absolute atomic E-state index is 8.21. The molecule has 0 saturated heterocycles. The van der Waals surface area contributed by atoms with Crippen LogP contribution in [0.1, 0.15) is 85.3 Å². The van der Waals surface area contributed by atoms with E-state index < -0.39 is 0 Å². The molecule has 40 heavy (non-hydrogen) atoms. The first-order chi connectivity index (χ1) is 18.8. The molecule has 2 unspecified atom stereocenters. The summed E-state index contributed by atoms with van der Waals surface area (Å²) < 4.78 is 0. The first-order valence-corrected chi connectivity index (χ1v) is 14.5. The topological polar surface area (TPSA) is 60.3 Å². The SMILES string of the molecule is C=N/C=C(\C=C/CC(=C)NCCC(=C)C)C(CC(C)C)Nc1ccc(C2(C)C=CC(C(C)(C)C)=CC2)cc1C=N. The van der Waals surface area contributed by atoms with Gasteiger partial charge >= 0.3 is 0 Å². The molecule has 2 atom stereocenters. The molecular formula is C36H52N4. The van der Waals surface area contributed by atoms with Gasteiger partial charge < -0.3 is 16.0 Å². The summed E-state index contributed by atoms with van der Waals surface area (Å²) in [5.41, 5.74) is 7.68. The predicted molar refractivity (Wildman–Crippen MR) is 178 cm³/mol. The lowest BCUT2D eigenvalue weighted by molar-refractivity contribution is 0.497. The second kappa shape index (κ2) is 14.8. The maximum atomic E-state index is 8.21. The molecule has 0 heterocycles. The van der Waals surface area contributed by atoms with E-state index in [2.05, 4.69) is 126 Å². The highest BCUT2D eigenvalue weighted by molar-refractivity contribution is 5.86. The van der Waals surface area contributed by atoms with Crippen molar-refractivity contribution in [3.05, 3.63) is 101 Å². The molecular weight excluding hydrogens is 488 g/mol. The van der Waals surface area contributed by atoms with Crippen molar-refractivity contribution in [3.63, 3.8) is 0 Å². The number of anilines is 1. The number of hydrogen-bond donors (Lipinski definition) is 3. The van der Waals surface area contributed by atoms with Crippen LogP contribution in [0.15, 0.2) is 95.3 Å². The normalized spacial score (nSPS) is 18.4. The number of allylic oxidation sites excluding steroid dienone is 5. The van der Waals surface area contributed by atoms with Crippen LogP contribution in [0.5, 0.6) is 0 Å². The lowest BCUT2D eigenvalue weighted by atomic mass is 9.72. The van der Waals surface area contributed by atoms with Crippen LogP contribution < -0.4 is 10.6 Å². The van der Waals surface area contributed by atoms with E-state index in [0.717, 1.165) is 60.3 Å². The Hall–Kier alpha value is -3.40. The number of nitrogens with one attached hydrogen (secondary N) is 3. The summed E-state index contributed by atoms with van der Waals surface area (Å²) in [4.78, 5) is 4.11. The molecule has 0 amide bonds. The number of nitrogens with zero attached hydrogens (tertiary/aromatic N) is 1. The van der Waals surface area contributed by atoms with Gasteiger partial charge in [-0.3, -0.25) is 4.99 Å². The second-order valence-electron chi connectivity index (χ2n) is 12.8. The molecule has 0 spiro atoms. The Morgan fingerprint density at radius 2 is 1.95 bits per heavy atom. The Labute approximate surface area is 244 Å². The van der Waals surface area contributed by atoms with Gasteiger partial charge in [-0.25, -0.2) is 0 Å². The average Bonchev–Trinajstić information content (AvgIpc) is 2.87. The van der Waals surface area contributed by atoms with Crippen molar-refractivity contribution in [2.75, 3.05) is 11.9 Å². The Morgan fingerprint density at radius 3 is 2.50 bits per heavy atom.